The Morgan fingerprint density at radius 1 is 1.11 bits per heavy atom. The predicted octanol–water partition coefficient (Wildman–Crippen LogP) is 4.52. The van der Waals surface area contributed by atoms with Gasteiger partial charge in [-0.15, -0.1) is 11.6 Å². The molecule has 3 aromatic rings. The van der Waals surface area contributed by atoms with E-state index >= 15 is 0 Å². The van der Waals surface area contributed by atoms with E-state index < -0.39 is 0 Å². The van der Waals surface area contributed by atoms with Crippen LogP contribution < -0.4 is 4.57 Å². The van der Waals surface area contributed by atoms with Crippen molar-refractivity contribution in [2.24, 2.45) is 7.05 Å². The topological polar surface area (TPSA) is 3.88 Å². The fourth-order valence-electron chi connectivity index (χ4n) is 2.67. The van der Waals surface area contributed by atoms with Crippen molar-refractivity contribution in [1.82, 2.24) is 0 Å². The third-order valence-electron chi connectivity index (χ3n) is 3.64. The average molecular weight is 291 g/mol. The molecule has 0 N–H and O–H groups in total. The maximum absolute atomic E-state index is 6.38. The molecule has 3 heteroatoms. The van der Waals surface area contributed by atoms with Gasteiger partial charge in [0.2, 0.25) is 11.2 Å². The first-order chi connectivity index (χ1) is 9.13. The molecule has 0 aliphatic rings. The summed E-state index contributed by atoms with van der Waals surface area (Å²) in [5.41, 5.74) is 3.47. The Morgan fingerprint density at radius 2 is 1.89 bits per heavy atom. The van der Waals surface area contributed by atoms with Gasteiger partial charge in [0.05, 0.1) is 15.8 Å². The number of nitrogens with zero attached hydrogens (tertiary/aromatic N) is 1. The van der Waals surface area contributed by atoms with Crippen LogP contribution in [0.5, 0.6) is 0 Å². The molecule has 2 aromatic carbocycles. The largest absolute Gasteiger partial charge is 0.213 e. The van der Waals surface area contributed by atoms with Gasteiger partial charge in [0.1, 0.15) is 12.9 Å². The van der Waals surface area contributed by atoms with E-state index in [1.165, 1.54) is 21.9 Å². The highest BCUT2D eigenvalue weighted by Gasteiger charge is 2.19. The molecule has 1 heterocycles. The molecule has 0 saturated carbocycles. The summed E-state index contributed by atoms with van der Waals surface area (Å²) in [4.78, 5) is 0. The fraction of sp³-hybridized carbons (Fsp3) is 0.188. The van der Waals surface area contributed by atoms with Gasteiger partial charge >= 0.3 is 0 Å². The van der Waals surface area contributed by atoms with Crippen molar-refractivity contribution >= 4 is 44.9 Å². The first kappa shape index (κ1) is 12.7. The molecule has 1 nitrogen and oxygen atoms in total. The number of aromatic nitrogens is 1. The molecule has 0 aliphatic heterocycles. The Morgan fingerprint density at radius 3 is 2.63 bits per heavy atom. The molecule has 0 aliphatic carbocycles. The number of hydrogen-bond acceptors (Lipinski definition) is 0. The minimum absolute atomic E-state index is 0.445. The molecule has 3 rings (SSSR count). The predicted molar refractivity (Wildman–Crippen MR) is 81.9 cm³/mol. The summed E-state index contributed by atoms with van der Waals surface area (Å²) >= 11 is 12.5. The highest BCUT2D eigenvalue weighted by Crippen LogP contribution is 2.31. The minimum Gasteiger partial charge on any atom is -0.197 e. The van der Waals surface area contributed by atoms with Crippen LogP contribution in [0.3, 0.4) is 0 Å². The van der Waals surface area contributed by atoms with Gasteiger partial charge in [-0.1, -0.05) is 35.4 Å². The third kappa shape index (κ3) is 1.89. The van der Waals surface area contributed by atoms with Crippen LogP contribution in [0.25, 0.3) is 21.7 Å². The van der Waals surface area contributed by atoms with E-state index in [0.29, 0.717) is 5.88 Å². The van der Waals surface area contributed by atoms with Crippen molar-refractivity contribution in [2.45, 2.75) is 12.8 Å². The maximum atomic E-state index is 6.38. The summed E-state index contributed by atoms with van der Waals surface area (Å²) in [5.74, 6) is 0.445. The quantitative estimate of drug-likeness (QED) is 0.352. The zero-order chi connectivity index (χ0) is 13.6. The van der Waals surface area contributed by atoms with Crippen molar-refractivity contribution in [3.05, 3.63) is 52.7 Å². The molecule has 0 amide bonds. The summed E-state index contributed by atoms with van der Waals surface area (Å²) in [6.45, 7) is 2.10. The summed E-state index contributed by atoms with van der Waals surface area (Å²) < 4.78 is 2.13. The van der Waals surface area contributed by atoms with Gasteiger partial charge in [-0.25, -0.2) is 0 Å². The van der Waals surface area contributed by atoms with Gasteiger partial charge in [0.25, 0.3) is 0 Å². The number of alkyl halides is 1. The average Bonchev–Trinajstić information content (AvgIpc) is 2.40. The lowest BCUT2D eigenvalue weighted by Gasteiger charge is -2.09. The maximum Gasteiger partial charge on any atom is 0.213 e. The number of aryl methyl sites for hydroxylation is 2. The van der Waals surface area contributed by atoms with Gasteiger partial charge in [-0.05, 0) is 19.1 Å². The van der Waals surface area contributed by atoms with Crippen molar-refractivity contribution in [3.8, 4) is 0 Å². The molecular weight excluding hydrogens is 277 g/mol. The molecule has 0 fully saturated rings. The SMILES string of the molecule is Cc1ccc2c(c1)c1cccc(Cl)c1c(CCl)[n+]2C. The Bertz CT molecular complexity index is 794. The summed E-state index contributed by atoms with van der Waals surface area (Å²) in [5, 5.41) is 4.20. The molecular formula is C16H14Cl2N+. The number of fused-ring (bicyclic) bond motifs is 3. The van der Waals surface area contributed by atoms with Crippen LogP contribution in [-0.2, 0) is 12.9 Å². The molecule has 0 unspecified atom stereocenters. The monoisotopic (exact) mass is 290 g/mol. The van der Waals surface area contributed by atoms with Crippen molar-refractivity contribution in [2.75, 3.05) is 0 Å². The Kier molecular flexibility index (Phi) is 3.12. The van der Waals surface area contributed by atoms with Gasteiger partial charge in [-0.3, -0.25) is 0 Å². The molecule has 96 valence electrons. The lowest BCUT2D eigenvalue weighted by Crippen LogP contribution is -2.34. The summed E-state index contributed by atoms with van der Waals surface area (Å²) in [7, 11) is 2.04. The van der Waals surface area contributed by atoms with Crippen LogP contribution in [0, 0.1) is 6.92 Å². The number of rotatable bonds is 1. The molecule has 0 bridgehead atoms. The molecule has 1 aromatic heterocycles. The van der Waals surface area contributed by atoms with Gasteiger partial charge in [0, 0.05) is 11.5 Å². The smallest absolute Gasteiger partial charge is 0.197 e. The molecule has 0 radical (unpaired) electrons. The van der Waals surface area contributed by atoms with Crippen LogP contribution in [0.2, 0.25) is 5.02 Å². The second-order valence-corrected chi connectivity index (χ2v) is 5.50. The van der Waals surface area contributed by atoms with E-state index in [2.05, 4.69) is 35.8 Å². The molecule has 0 spiro atoms. The van der Waals surface area contributed by atoms with Crippen LogP contribution in [0.15, 0.2) is 36.4 Å². The van der Waals surface area contributed by atoms with Crippen LogP contribution in [0.1, 0.15) is 11.3 Å². The zero-order valence-electron chi connectivity index (χ0n) is 10.9. The lowest BCUT2D eigenvalue weighted by molar-refractivity contribution is -0.650. The minimum atomic E-state index is 0.445. The second-order valence-electron chi connectivity index (χ2n) is 4.82. The standard InChI is InChI=1S/C16H14Cl2N/c1-10-6-7-14-12(8-10)11-4-3-5-13(18)16(11)15(9-17)19(14)2/h3-8H,9H2,1-2H3/q+1. The van der Waals surface area contributed by atoms with E-state index in [1.807, 2.05) is 19.2 Å². The second kappa shape index (κ2) is 4.66. The van der Waals surface area contributed by atoms with Gasteiger partial charge in [0.15, 0.2) is 0 Å². The lowest BCUT2D eigenvalue weighted by atomic mass is 10.0. The Balaban J connectivity index is 2.66. The van der Waals surface area contributed by atoms with Crippen molar-refractivity contribution < 1.29 is 4.57 Å². The Labute approximate surface area is 122 Å². The van der Waals surface area contributed by atoms with E-state index in [1.54, 1.807) is 0 Å². The summed E-state index contributed by atoms with van der Waals surface area (Å²) in [6, 6.07) is 12.5. The van der Waals surface area contributed by atoms with Crippen LogP contribution in [0.4, 0.5) is 0 Å². The normalized spacial score (nSPS) is 11.4. The molecule has 0 atom stereocenters. The van der Waals surface area contributed by atoms with Gasteiger partial charge in [-0.2, -0.15) is 4.57 Å². The van der Waals surface area contributed by atoms with E-state index in [-0.39, 0.29) is 0 Å². The third-order valence-corrected chi connectivity index (χ3v) is 4.21. The number of hydrogen-bond donors (Lipinski definition) is 0. The first-order valence-corrected chi connectivity index (χ1v) is 7.10. The number of halogens is 2. The van der Waals surface area contributed by atoms with Crippen molar-refractivity contribution in [3.63, 3.8) is 0 Å². The molecule has 0 saturated heterocycles. The van der Waals surface area contributed by atoms with Gasteiger partial charge < -0.3 is 0 Å². The fourth-order valence-corrected chi connectivity index (χ4v) is 3.27. The molecule has 19 heavy (non-hydrogen) atoms. The highest BCUT2D eigenvalue weighted by atomic mass is 35.5. The number of pyridine rings is 1. The van der Waals surface area contributed by atoms with E-state index in [4.69, 9.17) is 23.2 Å². The first-order valence-electron chi connectivity index (χ1n) is 6.19. The van der Waals surface area contributed by atoms with Crippen LogP contribution >= 0.6 is 23.2 Å². The highest BCUT2D eigenvalue weighted by molar-refractivity contribution is 6.36. The van der Waals surface area contributed by atoms with Crippen molar-refractivity contribution in [1.29, 1.82) is 0 Å². The van der Waals surface area contributed by atoms with E-state index in [9.17, 15) is 0 Å². The Hall–Kier alpha value is -1.31. The summed E-state index contributed by atoms with van der Waals surface area (Å²) in [6.07, 6.45) is 0. The van der Waals surface area contributed by atoms with Crippen LogP contribution in [-0.4, -0.2) is 0 Å². The zero-order valence-corrected chi connectivity index (χ0v) is 12.4. The number of benzene rings is 2. The van der Waals surface area contributed by atoms with E-state index in [0.717, 1.165) is 16.1 Å².